The number of hydrogen-bond donors (Lipinski definition) is 2. The summed E-state index contributed by atoms with van der Waals surface area (Å²) in [4.78, 5) is 23.3. The summed E-state index contributed by atoms with van der Waals surface area (Å²) in [5, 5.41) is 3.79. The zero-order valence-corrected chi connectivity index (χ0v) is 16.0. The fourth-order valence-corrected chi connectivity index (χ4v) is 2.40. The molecule has 32 heavy (non-hydrogen) atoms. The smallest absolute Gasteiger partial charge is 0.282 e. The minimum Gasteiger partial charge on any atom is -0.282 e. The first kappa shape index (κ1) is 22.7. The number of nitrogens with zero attached hydrogens (tertiary/aromatic N) is 5. The van der Waals surface area contributed by atoms with Crippen LogP contribution in [0.3, 0.4) is 0 Å². The predicted molar refractivity (Wildman–Crippen MR) is 99.3 cm³/mol. The number of benzene rings is 1. The number of aryl methyl sites for hydroxylation is 1. The number of hydrogen-bond acceptors (Lipinski definition) is 6. The third kappa shape index (κ3) is 5.80. The van der Waals surface area contributed by atoms with Crippen LogP contribution in [0, 0.1) is 6.92 Å². The largest absolute Gasteiger partial charge is 0.416 e. The number of carbonyl (C=O) groups excluding carboxylic acids is 1. The number of halogens is 6. The zero-order valence-electron chi connectivity index (χ0n) is 16.0. The van der Waals surface area contributed by atoms with Crippen molar-refractivity contribution in [1.82, 2.24) is 30.2 Å². The third-order valence-corrected chi connectivity index (χ3v) is 3.85. The summed E-state index contributed by atoms with van der Waals surface area (Å²) < 4.78 is 79.0. The monoisotopic (exact) mass is 457 g/mol. The second kappa shape index (κ2) is 8.64. The van der Waals surface area contributed by atoms with Crippen LogP contribution in [0.4, 0.5) is 32.2 Å². The molecule has 0 aliphatic rings. The van der Waals surface area contributed by atoms with E-state index < -0.39 is 35.0 Å². The van der Waals surface area contributed by atoms with Crippen molar-refractivity contribution in [3.8, 4) is 11.4 Å². The lowest BCUT2D eigenvalue weighted by molar-refractivity contribution is -0.143. The van der Waals surface area contributed by atoms with Crippen molar-refractivity contribution in [2.24, 2.45) is 0 Å². The first-order valence-corrected chi connectivity index (χ1v) is 8.65. The topological polar surface area (TPSA) is 97.6 Å². The van der Waals surface area contributed by atoms with Crippen molar-refractivity contribution in [2.75, 3.05) is 5.43 Å². The van der Waals surface area contributed by atoms with E-state index in [-0.39, 0.29) is 11.9 Å². The van der Waals surface area contributed by atoms with Gasteiger partial charge in [0.25, 0.3) is 5.91 Å². The molecule has 0 atom stereocenters. The standard InChI is InChI=1S/C18H13F6N7O/c1-10-4-14(26-8-25-10)28-29-15(32)2-3-31-9-27-16(30-31)11-5-12(17(19,20)21)7-13(6-11)18(22,23)24/h2-9H,1H3,(H,29,32)(H,25,26,28)/b3-2-. The average Bonchev–Trinajstić information content (AvgIpc) is 3.18. The molecule has 0 radical (unpaired) electrons. The van der Waals surface area contributed by atoms with Gasteiger partial charge in [-0.05, 0) is 25.1 Å². The molecule has 0 aliphatic heterocycles. The summed E-state index contributed by atoms with van der Waals surface area (Å²) in [5.74, 6) is -0.703. The van der Waals surface area contributed by atoms with Gasteiger partial charge in [-0.15, -0.1) is 5.10 Å². The normalized spacial score (nSPS) is 12.2. The Morgan fingerprint density at radius 3 is 2.22 bits per heavy atom. The van der Waals surface area contributed by atoms with Gasteiger partial charge in [-0.1, -0.05) is 0 Å². The summed E-state index contributed by atoms with van der Waals surface area (Å²) in [6.07, 6.45) is -5.57. The maximum absolute atomic E-state index is 13.0. The number of nitrogens with one attached hydrogen (secondary N) is 2. The Labute approximate surface area is 176 Å². The van der Waals surface area contributed by atoms with Crippen LogP contribution in [0.1, 0.15) is 16.8 Å². The molecular weight excluding hydrogens is 444 g/mol. The molecule has 2 aromatic heterocycles. The van der Waals surface area contributed by atoms with Gasteiger partial charge in [-0.3, -0.25) is 15.6 Å². The number of hydrazine groups is 1. The first-order chi connectivity index (χ1) is 14.9. The van der Waals surface area contributed by atoms with Crippen LogP contribution >= 0.6 is 0 Å². The quantitative estimate of drug-likeness (QED) is 0.345. The predicted octanol–water partition coefficient (Wildman–Crippen LogP) is 3.70. The van der Waals surface area contributed by atoms with Crippen LogP contribution in [0.5, 0.6) is 0 Å². The molecule has 0 saturated heterocycles. The minimum absolute atomic E-state index is 0.0108. The summed E-state index contributed by atoms with van der Waals surface area (Å²) in [5.41, 5.74) is 2.04. The van der Waals surface area contributed by atoms with Crippen LogP contribution < -0.4 is 10.9 Å². The molecule has 14 heteroatoms. The Kier molecular flexibility index (Phi) is 6.13. The van der Waals surface area contributed by atoms with Gasteiger partial charge in [-0.2, -0.15) is 26.3 Å². The van der Waals surface area contributed by atoms with Crippen molar-refractivity contribution < 1.29 is 31.1 Å². The molecule has 0 unspecified atom stereocenters. The fourth-order valence-electron chi connectivity index (χ4n) is 2.40. The molecule has 2 N–H and O–H groups in total. The Bertz CT molecular complexity index is 1120. The second-order valence-electron chi connectivity index (χ2n) is 6.32. The van der Waals surface area contributed by atoms with E-state index in [1.807, 2.05) is 0 Å². The van der Waals surface area contributed by atoms with Gasteiger partial charge in [0.05, 0.1) is 11.1 Å². The zero-order chi connectivity index (χ0) is 23.5. The summed E-state index contributed by atoms with van der Waals surface area (Å²) >= 11 is 0. The molecule has 2 heterocycles. The van der Waals surface area contributed by atoms with Crippen LogP contribution in [-0.2, 0) is 17.1 Å². The highest BCUT2D eigenvalue weighted by Crippen LogP contribution is 2.38. The molecule has 0 saturated carbocycles. The van der Waals surface area contributed by atoms with E-state index in [0.29, 0.717) is 23.6 Å². The molecule has 0 bridgehead atoms. The number of rotatable bonds is 5. The molecule has 3 rings (SSSR count). The molecule has 8 nitrogen and oxygen atoms in total. The maximum atomic E-state index is 13.0. The van der Waals surface area contributed by atoms with E-state index in [9.17, 15) is 31.1 Å². The number of aromatic nitrogens is 5. The van der Waals surface area contributed by atoms with E-state index in [1.165, 1.54) is 6.33 Å². The summed E-state index contributed by atoms with van der Waals surface area (Å²) in [6, 6.07) is 2.60. The lowest BCUT2D eigenvalue weighted by Crippen LogP contribution is -2.28. The van der Waals surface area contributed by atoms with Crippen LogP contribution in [0.15, 0.2) is 43.0 Å². The number of anilines is 1. The fraction of sp³-hybridized carbons (Fsp3) is 0.167. The van der Waals surface area contributed by atoms with Crippen molar-refractivity contribution in [3.05, 3.63) is 59.8 Å². The molecule has 0 fully saturated rings. The van der Waals surface area contributed by atoms with Gasteiger partial charge in [0.2, 0.25) is 0 Å². The van der Waals surface area contributed by atoms with Gasteiger partial charge in [-0.25, -0.2) is 19.6 Å². The van der Waals surface area contributed by atoms with Crippen LogP contribution in [0.2, 0.25) is 0 Å². The van der Waals surface area contributed by atoms with Crippen LogP contribution in [-0.4, -0.2) is 30.6 Å². The van der Waals surface area contributed by atoms with Gasteiger partial charge < -0.3 is 0 Å². The molecule has 1 aromatic carbocycles. The highest BCUT2D eigenvalue weighted by atomic mass is 19.4. The van der Waals surface area contributed by atoms with Crippen molar-refractivity contribution in [2.45, 2.75) is 19.3 Å². The Morgan fingerprint density at radius 2 is 1.62 bits per heavy atom. The van der Waals surface area contributed by atoms with Gasteiger partial charge >= 0.3 is 12.4 Å². The molecular formula is C18H13F6N7O. The summed E-state index contributed by atoms with van der Waals surface area (Å²) in [6.45, 7) is 1.72. The van der Waals surface area contributed by atoms with E-state index in [1.54, 1.807) is 13.0 Å². The first-order valence-electron chi connectivity index (χ1n) is 8.65. The Balaban J connectivity index is 1.75. The second-order valence-corrected chi connectivity index (χ2v) is 6.32. The van der Waals surface area contributed by atoms with Gasteiger partial charge in [0.1, 0.15) is 18.5 Å². The third-order valence-electron chi connectivity index (χ3n) is 3.85. The molecule has 3 aromatic rings. The van der Waals surface area contributed by atoms with E-state index >= 15 is 0 Å². The van der Waals surface area contributed by atoms with Gasteiger partial charge in [0, 0.05) is 29.6 Å². The average molecular weight is 457 g/mol. The number of carbonyl (C=O) groups is 1. The highest BCUT2D eigenvalue weighted by molar-refractivity contribution is 5.90. The number of amides is 1. The van der Waals surface area contributed by atoms with E-state index in [2.05, 4.69) is 30.9 Å². The molecule has 168 valence electrons. The molecule has 1 amide bonds. The Morgan fingerprint density at radius 1 is 0.969 bits per heavy atom. The highest BCUT2D eigenvalue weighted by Gasteiger charge is 2.37. The van der Waals surface area contributed by atoms with Crippen molar-refractivity contribution >= 4 is 17.9 Å². The van der Waals surface area contributed by atoms with Crippen LogP contribution in [0.25, 0.3) is 17.6 Å². The lowest BCUT2D eigenvalue weighted by Gasteiger charge is -2.13. The maximum Gasteiger partial charge on any atom is 0.416 e. The SMILES string of the molecule is Cc1cc(NNC(=O)/C=C\n2cnc(-c3cc(C(F)(F)F)cc(C(F)(F)F)c3)n2)ncn1. The Hall–Kier alpha value is -3.97. The van der Waals surface area contributed by atoms with E-state index in [0.717, 1.165) is 23.3 Å². The van der Waals surface area contributed by atoms with Crippen molar-refractivity contribution in [1.29, 1.82) is 0 Å². The lowest BCUT2D eigenvalue weighted by atomic mass is 10.0. The number of alkyl halides is 6. The van der Waals surface area contributed by atoms with Crippen molar-refractivity contribution in [3.63, 3.8) is 0 Å². The molecule has 0 spiro atoms. The summed E-state index contributed by atoms with van der Waals surface area (Å²) in [7, 11) is 0. The minimum atomic E-state index is -4.99. The van der Waals surface area contributed by atoms with E-state index in [4.69, 9.17) is 0 Å². The van der Waals surface area contributed by atoms with Gasteiger partial charge in [0.15, 0.2) is 5.82 Å². The molecule has 0 aliphatic carbocycles.